The number of rotatable bonds is 3. The van der Waals surface area contributed by atoms with E-state index >= 15 is 0 Å². The first-order chi connectivity index (χ1) is 8.49. The molecule has 94 valence electrons. The van der Waals surface area contributed by atoms with Gasteiger partial charge in [0.05, 0.1) is 0 Å². The average molecular weight is 263 g/mol. The van der Waals surface area contributed by atoms with E-state index in [0.717, 1.165) is 16.9 Å². The third-order valence-electron chi connectivity index (χ3n) is 2.63. The van der Waals surface area contributed by atoms with Gasteiger partial charge in [0.25, 0.3) is 0 Å². The number of carboxylic acids is 1. The van der Waals surface area contributed by atoms with Crippen LogP contribution in [0.2, 0.25) is 0 Å². The summed E-state index contributed by atoms with van der Waals surface area (Å²) in [6.07, 6.45) is 0. The lowest BCUT2D eigenvalue weighted by Crippen LogP contribution is -1.91. The number of thiazole rings is 1. The van der Waals surface area contributed by atoms with Gasteiger partial charge in [-0.3, -0.25) is 0 Å². The van der Waals surface area contributed by atoms with E-state index in [9.17, 15) is 9.90 Å². The van der Waals surface area contributed by atoms with Crippen molar-refractivity contribution < 1.29 is 15.0 Å². The largest absolute Gasteiger partial charge is 0.492 e. The number of hydrogen-bond donors (Lipinski definition) is 2. The molecule has 0 radical (unpaired) electrons. The quantitative estimate of drug-likeness (QED) is 0.891. The fourth-order valence-electron chi connectivity index (χ4n) is 1.59. The third kappa shape index (κ3) is 2.36. The zero-order chi connectivity index (χ0) is 13.3. The van der Waals surface area contributed by atoms with Crippen molar-refractivity contribution in [2.45, 2.75) is 19.8 Å². The SMILES string of the molecule is CC(C)c1ccc(-c2nc(O)c(C(=O)O)s2)cc1. The summed E-state index contributed by atoms with van der Waals surface area (Å²) in [7, 11) is 0. The molecule has 0 amide bonds. The number of carboxylic acid groups (broad SMARTS) is 1. The van der Waals surface area contributed by atoms with Crippen molar-refractivity contribution in [2.24, 2.45) is 0 Å². The van der Waals surface area contributed by atoms with Crippen molar-refractivity contribution in [3.63, 3.8) is 0 Å². The first kappa shape index (κ1) is 12.6. The number of nitrogens with zero attached hydrogens (tertiary/aromatic N) is 1. The number of aromatic hydroxyl groups is 1. The van der Waals surface area contributed by atoms with Crippen LogP contribution in [-0.2, 0) is 0 Å². The van der Waals surface area contributed by atoms with Gasteiger partial charge in [0.2, 0.25) is 5.88 Å². The lowest BCUT2D eigenvalue weighted by Gasteiger charge is -2.05. The van der Waals surface area contributed by atoms with Crippen LogP contribution in [0, 0.1) is 0 Å². The molecule has 0 bridgehead atoms. The molecule has 18 heavy (non-hydrogen) atoms. The molecule has 0 atom stereocenters. The topological polar surface area (TPSA) is 70.4 Å². The number of aromatic nitrogens is 1. The van der Waals surface area contributed by atoms with Crippen molar-refractivity contribution in [1.82, 2.24) is 4.98 Å². The third-order valence-corrected chi connectivity index (χ3v) is 3.71. The van der Waals surface area contributed by atoms with Crippen LogP contribution >= 0.6 is 11.3 Å². The molecule has 5 heteroatoms. The molecule has 1 aromatic carbocycles. The Hall–Kier alpha value is -1.88. The van der Waals surface area contributed by atoms with Crippen molar-refractivity contribution in [1.29, 1.82) is 0 Å². The molecule has 0 saturated carbocycles. The molecule has 0 aliphatic rings. The molecule has 0 fully saturated rings. The van der Waals surface area contributed by atoms with Crippen molar-refractivity contribution in [2.75, 3.05) is 0 Å². The van der Waals surface area contributed by atoms with E-state index in [2.05, 4.69) is 18.8 Å². The summed E-state index contributed by atoms with van der Waals surface area (Å²) < 4.78 is 0. The normalized spacial score (nSPS) is 10.8. The average Bonchev–Trinajstić information content (AvgIpc) is 2.71. The van der Waals surface area contributed by atoms with E-state index < -0.39 is 11.8 Å². The summed E-state index contributed by atoms with van der Waals surface area (Å²) in [5.74, 6) is -1.14. The lowest BCUT2D eigenvalue weighted by atomic mass is 10.0. The van der Waals surface area contributed by atoms with Gasteiger partial charge in [-0.25, -0.2) is 9.78 Å². The van der Waals surface area contributed by atoms with Gasteiger partial charge in [-0.1, -0.05) is 38.1 Å². The van der Waals surface area contributed by atoms with Gasteiger partial charge in [-0.05, 0) is 11.5 Å². The van der Waals surface area contributed by atoms with E-state index in [1.807, 2.05) is 24.3 Å². The first-order valence-electron chi connectivity index (χ1n) is 5.52. The maximum Gasteiger partial charge on any atom is 0.351 e. The zero-order valence-electron chi connectivity index (χ0n) is 10.0. The molecule has 2 rings (SSSR count). The monoisotopic (exact) mass is 263 g/mol. The van der Waals surface area contributed by atoms with E-state index in [0.29, 0.717) is 10.9 Å². The van der Waals surface area contributed by atoms with E-state index in [1.54, 1.807) is 0 Å². The van der Waals surface area contributed by atoms with Crippen molar-refractivity contribution in [3.05, 3.63) is 34.7 Å². The van der Waals surface area contributed by atoms with Gasteiger partial charge in [0, 0.05) is 5.56 Å². The zero-order valence-corrected chi connectivity index (χ0v) is 10.9. The van der Waals surface area contributed by atoms with Crippen LogP contribution < -0.4 is 0 Å². The number of hydrogen-bond acceptors (Lipinski definition) is 4. The highest BCUT2D eigenvalue weighted by molar-refractivity contribution is 7.17. The highest BCUT2D eigenvalue weighted by Gasteiger charge is 2.17. The second-order valence-electron chi connectivity index (χ2n) is 4.25. The lowest BCUT2D eigenvalue weighted by molar-refractivity contribution is 0.0699. The van der Waals surface area contributed by atoms with Gasteiger partial charge >= 0.3 is 5.97 Å². The van der Waals surface area contributed by atoms with Crippen LogP contribution in [0.5, 0.6) is 5.88 Å². The molecule has 1 aromatic heterocycles. The van der Waals surface area contributed by atoms with Gasteiger partial charge in [-0.15, -0.1) is 11.3 Å². The van der Waals surface area contributed by atoms with Crippen LogP contribution in [0.3, 0.4) is 0 Å². The number of carbonyl (C=O) groups is 1. The standard InChI is InChI=1S/C13H13NO3S/c1-7(2)8-3-5-9(6-4-8)12-14-11(15)10(18-12)13(16)17/h3-7,15H,1-2H3,(H,16,17). The molecule has 1 heterocycles. The number of benzene rings is 1. The molecule has 0 saturated heterocycles. The molecular formula is C13H13NO3S. The molecule has 4 nitrogen and oxygen atoms in total. The Morgan fingerprint density at radius 2 is 1.89 bits per heavy atom. The summed E-state index contributed by atoms with van der Waals surface area (Å²) in [4.78, 5) is 14.6. The van der Waals surface area contributed by atoms with Gasteiger partial charge in [0.1, 0.15) is 5.01 Å². The molecule has 2 aromatic rings. The Bertz CT molecular complexity index is 572. The molecule has 2 N–H and O–H groups in total. The Kier molecular flexibility index (Phi) is 3.34. The molecule has 0 aliphatic carbocycles. The summed E-state index contributed by atoms with van der Waals surface area (Å²) in [5, 5.41) is 18.8. The number of aromatic carboxylic acids is 1. The minimum absolute atomic E-state index is 0.127. The second-order valence-corrected chi connectivity index (χ2v) is 5.25. The van der Waals surface area contributed by atoms with Crippen LogP contribution in [-0.4, -0.2) is 21.2 Å². The summed E-state index contributed by atoms with van der Waals surface area (Å²) in [5.41, 5.74) is 2.02. The summed E-state index contributed by atoms with van der Waals surface area (Å²) in [6, 6.07) is 7.75. The predicted octanol–water partition coefficient (Wildman–Crippen LogP) is 3.34. The van der Waals surface area contributed by atoms with Crippen LogP contribution in [0.1, 0.15) is 35.0 Å². The predicted molar refractivity (Wildman–Crippen MR) is 70.3 cm³/mol. The van der Waals surface area contributed by atoms with Crippen molar-refractivity contribution in [3.8, 4) is 16.5 Å². The van der Waals surface area contributed by atoms with Gasteiger partial charge < -0.3 is 10.2 Å². The summed E-state index contributed by atoms with van der Waals surface area (Å²) >= 11 is 0.974. The highest BCUT2D eigenvalue weighted by Crippen LogP contribution is 2.32. The van der Waals surface area contributed by atoms with E-state index in [1.165, 1.54) is 5.56 Å². The van der Waals surface area contributed by atoms with Gasteiger partial charge in [0.15, 0.2) is 4.88 Å². The van der Waals surface area contributed by atoms with Crippen LogP contribution in [0.25, 0.3) is 10.6 Å². The second kappa shape index (κ2) is 4.78. The highest BCUT2D eigenvalue weighted by atomic mass is 32.1. The first-order valence-corrected chi connectivity index (χ1v) is 6.34. The Balaban J connectivity index is 2.37. The van der Waals surface area contributed by atoms with Crippen LogP contribution in [0.15, 0.2) is 24.3 Å². The molecule has 0 unspecified atom stereocenters. The summed E-state index contributed by atoms with van der Waals surface area (Å²) in [6.45, 7) is 4.21. The van der Waals surface area contributed by atoms with Crippen molar-refractivity contribution >= 4 is 17.3 Å². The molecular weight excluding hydrogens is 250 g/mol. The molecule has 0 spiro atoms. The van der Waals surface area contributed by atoms with E-state index in [4.69, 9.17) is 5.11 Å². The Morgan fingerprint density at radius 1 is 1.28 bits per heavy atom. The molecule has 0 aliphatic heterocycles. The smallest absolute Gasteiger partial charge is 0.351 e. The van der Waals surface area contributed by atoms with Gasteiger partial charge in [-0.2, -0.15) is 0 Å². The fraction of sp³-hybridized carbons (Fsp3) is 0.231. The maximum absolute atomic E-state index is 10.8. The fourth-order valence-corrected chi connectivity index (χ4v) is 2.39. The Labute approximate surface area is 109 Å². The maximum atomic E-state index is 10.8. The van der Waals surface area contributed by atoms with Crippen LogP contribution in [0.4, 0.5) is 0 Å². The van der Waals surface area contributed by atoms with E-state index in [-0.39, 0.29) is 4.88 Å². The minimum atomic E-state index is -1.16. The Morgan fingerprint density at radius 3 is 2.33 bits per heavy atom. The minimum Gasteiger partial charge on any atom is -0.492 e.